The summed E-state index contributed by atoms with van der Waals surface area (Å²) in [7, 11) is 5.54. The second-order valence-corrected chi connectivity index (χ2v) is 12.6. The highest BCUT2D eigenvalue weighted by Crippen LogP contribution is 2.31. The van der Waals surface area contributed by atoms with E-state index in [1.165, 1.54) is 0 Å². The van der Waals surface area contributed by atoms with Crippen LogP contribution in [-0.2, 0) is 29.5 Å². The predicted molar refractivity (Wildman–Crippen MR) is 183 cm³/mol. The summed E-state index contributed by atoms with van der Waals surface area (Å²) < 4.78 is 1.97. The standard InChI is InChI=1S/C39H42N4O3/c1-41-26-33(31-17-9-11-19-34(31)41)39(46)42(2)35-20-12-10-18-32(35)38(45)40-36(43(3)37(44)25-27-13-5-4-6-14-27)24-28-21-22-29-15-7-8-16-30(29)23-28/h4-9,11,13-17,19,21-23,26,32,35-36H,10,12,18,20,24-25H2,1-3H3,(H,40,45)/t32-,35+,36-/m1/s1. The van der Waals surface area contributed by atoms with Crippen molar-refractivity contribution < 1.29 is 14.4 Å². The number of fused-ring (bicyclic) bond motifs is 2. The Hall–Kier alpha value is -4.91. The normalized spacial score (nSPS) is 17.0. The van der Waals surface area contributed by atoms with E-state index in [1.54, 1.807) is 16.8 Å². The molecule has 0 aliphatic heterocycles. The Balaban J connectivity index is 1.24. The van der Waals surface area contributed by atoms with Crippen LogP contribution in [0.5, 0.6) is 0 Å². The first-order chi connectivity index (χ1) is 22.3. The molecule has 0 radical (unpaired) electrons. The summed E-state index contributed by atoms with van der Waals surface area (Å²) in [5.41, 5.74) is 3.60. The van der Waals surface area contributed by atoms with Crippen LogP contribution in [0.15, 0.2) is 103 Å². The SMILES string of the molecule is CN(C(=O)Cc1ccccc1)[C@H](Cc1ccc2ccccc2c1)NC(=O)[C@@H]1CCCC[C@@H]1N(C)C(=O)c1cn(C)c2ccccc12. The van der Waals surface area contributed by atoms with Gasteiger partial charge in [-0.15, -0.1) is 0 Å². The molecule has 0 bridgehead atoms. The van der Waals surface area contributed by atoms with Crippen molar-refractivity contribution in [2.45, 2.75) is 50.7 Å². The van der Waals surface area contributed by atoms with Crippen molar-refractivity contribution in [1.29, 1.82) is 0 Å². The average molecular weight is 615 g/mol. The van der Waals surface area contributed by atoms with Gasteiger partial charge in [-0.3, -0.25) is 14.4 Å². The average Bonchev–Trinajstić information content (AvgIpc) is 3.43. The smallest absolute Gasteiger partial charge is 0.256 e. The molecular formula is C39H42N4O3. The summed E-state index contributed by atoms with van der Waals surface area (Å²) in [6.45, 7) is 0. The van der Waals surface area contributed by atoms with Gasteiger partial charge < -0.3 is 19.7 Å². The fourth-order valence-corrected chi connectivity index (χ4v) is 6.95. The Labute approximate surface area is 270 Å². The van der Waals surface area contributed by atoms with Gasteiger partial charge in [0, 0.05) is 50.7 Å². The Morgan fingerprint density at radius 1 is 0.826 bits per heavy atom. The van der Waals surface area contributed by atoms with E-state index in [0.29, 0.717) is 18.4 Å². The van der Waals surface area contributed by atoms with Crippen molar-refractivity contribution in [1.82, 2.24) is 19.7 Å². The van der Waals surface area contributed by atoms with Crippen LogP contribution >= 0.6 is 0 Å². The number of nitrogens with zero attached hydrogens (tertiary/aromatic N) is 3. The zero-order valence-electron chi connectivity index (χ0n) is 26.9. The Bertz CT molecular complexity index is 1860. The quantitative estimate of drug-likeness (QED) is 0.197. The molecule has 1 heterocycles. The molecular weight excluding hydrogens is 572 g/mol. The van der Waals surface area contributed by atoms with Gasteiger partial charge in [-0.1, -0.05) is 104 Å². The summed E-state index contributed by atoms with van der Waals surface area (Å²) in [4.78, 5) is 45.1. The fraction of sp³-hybridized carbons (Fsp3) is 0.308. The van der Waals surface area contributed by atoms with Crippen LogP contribution < -0.4 is 5.32 Å². The molecule has 1 aliphatic rings. The zero-order chi connectivity index (χ0) is 32.2. The number of likely N-dealkylation sites (N-methyl/N-ethyl adjacent to an activating group) is 1. The summed E-state index contributed by atoms with van der Waals surface area (Å²) in [6, 6.07) is 31.8. The maximum absolute atomic E-state index is 14.2. The Morgan fingerprint density at radius 2 is 1.52 bits per heavy atom. The van der Waals surface area contributed by atoms with E-state index in [4.69, 9.17) is 0 Å². The zero-order valence-corrected chi connectivity index (χ0v) is 26.9. The summed E-state index contributed by atoms with van der Waals surface area (Å²) >= 11 is 0. The lowest BCUT2D eigenvalue weighted by Crippen LogP contribution is -2.55. The van der Waals surface area contributed by atoms with Crippen LogP contribution in [0.1, 0.15) is 47.2 Å². The largest absolute Gasteiger partial charge is 0.350 e. The molecule has 1 saturated carbocycles. The number of hydrogen-bond acceptors (Lipinski definition) is 3. The maximum atomic E-state index is 14.2. The molecule has 3 amide bonds. The number of para-hydroxylation sites is 1. The highest BCUT2D eigenvalue weighted by atomic mass is 16.2. The number of rotatable bonds is 9. The molecule has 6 rings (SSSR count). The highest BCUT2D eigenvalue weighted by Gasteiger charge is 2.37. The third-order valence-corrected chi connectivity index (χ3v) is 9.62. The van der Waals surface area contributed by atoms with Crippen LogP contribution in [0.2, 0.25) is 0 Å². The van der Waals surface area contributed by atoms with Gasteiger partial charge in [-0.05, 0) is 40.8 Å². The van der Waals surface area contributed by atoms with Crippen LogP contribution in [0.4, 0.5) is 0 Å². The van der Waals surface area contributed by atoms with Crippen LogP contribution in [0.3, 0.4) is 0 Å². The van der Waals surface area contributed by atoms with Crippen molar-refractivity contribution in [3.63, 3.8) is 0 Å². The minimum absolute atomic E-state index is 0.0688. The van der Waals surface area contributed by atoms with Crippen molar-refractivity contribution in [3.8, 4) is 0 Å². The molecule has 0 saturated heterocycles. The fourth-order valence-electron chi connectivity index (χ4n) is 6.95. The van der Waals surface area contributed by atoms with E-state index in [2.05, 4.69) is 35.6 Å². The van der Waals surface area contributed by atoms with Crippen molar-refractivity contribution in [2.24, 2.45) is 13.0 Å². The number of carbonyl (C=O) groups excluding carboxylic acids is 3. The predicted octanol–water partition coefficient (Wildman–Crippen LogP) is 6.35. The van der Waals surface area contributed by atoms with Crippen molar-refractivity contribution in [2.75, 3.05) is 14.1 Å². The minimum Gasteiger partial charge on any atom is -0.350 e. The molecule has 7 heteroatoms. The van der Waals surface area contributed by atoms with Gasteiger partial charge >= 0.3 is 0 Å². The van der Waals surface area contributed by atoms with E-state index in [0.717, 1.165) is 52.1 Å². The molecule has 7 nitrogen and oxygen atoms in total. The molecule has 4 aromatic carbocycles. The van der Waals surface area contributed by atoms with Gasteiger partial charge in [0.15, 0.2) is 0 Å². The topological polar surface area (TPSA) is 74.7 Å². The number of amides is 3. The second kappa shape index (κ2) is 13.6. The summed E-state index contributed by atoms with van der Waals surface area (Å²) in [6.07, 6.45) is 5.36. The van der Waals surface area contributed by atoms with Gasteiger partial charge in [0.05, 0.1) is 17.9 Å². The van der Waals surface area contributed by atoms with Crippen LogP contribution in [-0.4, -0.2) is 58.4 Å². The summed E-state index contributed by atoms with van der Waals surface area (Å²) in [5.74, 6) is -0.646. The first-order valence-corrected chi connectivity index (χ1v) is 16.2. The molecule has 1 fully saturated rings. The lowest BCUT2D eigenvalue weighted by molar-refractivity contribution is -0.135. The Kier molecular flexibility index (Phi) is 9.20. The number of benzene rings is 4. The molecule has 0 spiro atoms. The van der Waals surface area contributed by atoms with Crippen molar-refractivity contribution >= 4 is 39.4 Å². The number of hydrogen-bond donors (Lipinski definition) is 1. The number of carbonyl (C=O) groups is 3. The minimum atomic E-state index is -0.550. The lowest BCUT2D eigenvalue weighted by atomic mass is 9.82. The summed E-state index contributed by atoms with van der Waals surface area (Å²) in [5, 5.41) is 6.44. The molecule has 5 aromatic rings. The van der Waals surface area contributed by atoms with Gasteiger partial charge in [0.1, 0.15) is 6.17 Å². The van der Waals surface area contributed by atoms with E-state index in [1.807, 2.05) is 91.6 Å². The second-order valence-electron chi connectivity index (χ2n) is 12.6. The molecule has 46 heavy (non-hydrogen) atoms. The molecule has 0 unspecified atom stereocenters. The van der Waals surface area contributed by atoms with Gasteiger partial charge in [0.2, 0.25) is 11.8 Å². The Morgan fingerprint density at radius 3 is 2.33 bits per heavy atom. The number of aromatic nitrogens is 1. The molecule has 3 atom stereocenters. The van der Waals surface area contributed by atoms with Gasteiger partial charge in [-0.2, -0.15) is 0 Å². The van der Waals surface area contributed by atoms with E-state index in [9.17, 15) is 14.4 Å². The maximum Gasteiger partial charge on any atom is 0.256 e. The molecule has 1 aromatic heterocycles. The molecule has 1 aliphatic carbocycles. The third kappa shape index (κ3) is 6.54. The van der Waals surface area contributed by atoms with Crippen LogP contribution in [0.25, 0.3) is 21.7 Å². The van der Waals surface area contributed by atoms with Gasteiger partial charge in [0.25, 0.3) is 5.91 Å². The van der Waals surface area contributed by atoms with E-state index < -0.39 is 6.17 Å². The van der Waals surface area contributed by atoms with Crippen LogP contribution in [0, 0.1) is 5.92 Å². The third-order valence-electron chi connectivity index (χ3n) is 9.62. The van der Waals surface area contributed by atoms with Crippen molar-refractivity contribution in [3.05, 3.63) is 120 Å². The van der Waals surface area contributed by atoms with Gasteiger partial charge in [-0.25, -0.2) is 0 Å². The highest BCUT2D eigenvalue weighted by molar-refractivity contribution is 6.07. The lowest BCUT2D eigenvalue weighted by Gasteiger charge is -2.38. The van der Waals surface area contributed by atoms with E-state index >= 15 is 0 Å². The first-order valence-electron chi connectivity index (χ1n) is 16.2. The molecule has 236 valence electrons. The first kappa shape index (κ1) is 31.1. The van der Waals surface area contributed by atoms with E-state index in [-0.39, 0.29) is 36.1 Å². The number of nitrogens with one attached hydrogen (secondary N) is 1. The molecule has 1 N–H and O–H groups in total. The monoisotopic (exact) mass is 614 g/mol. The number of aryl methyl sites for hydroxylation is 1.